The third kappa shape index (κ3) is 3.97. The van der Waals surface area contributed by atoms with Crippen LogP contribution >= 0.6 is 0 Å². The minimum Gasteiger partial charge on any atom is -0.423 e. The van der Waals surface area contributed by atoms with E-state index >= 15 is 0 Å². The van der Waals surface area contributed by atoms with Gasteiger partial charge < -0.3 is 4.42 Å². The molecule has 3 rings (SSSR count). The molecule has 22 heavy (non-hydrogen) atoms. The van der Waals surface area contributed by atoms with Gasteiger partial charge in [-0.15, -0.1) is 0 Å². The third-order valence-electron chi connectivity index (χ3n) is 2.96. The zero-order chi connectivity index (χ0) is 16.2. The fourth-order valence-corrected chi connectivity index (χ4v) is 1.90. The van der Waals surface area contributed by atoms with Crippen LogP contribution in [0.4, 0.5) is 13.2 Å². The van der Waals surface area contributed by atoms with Crippen LogP contribution in [0, 0.1) is 6.92 Å². The Bertz CT molecular complexity index is 805. The van der Waals surface area contributed by atoms with E-state index in [1.54, 1.807) is 12.1 Å². The standard InChI is InChI=1S/C10H8O2.C7H5F3/c1-7-6-10(11)12-9-5-3-2-4-8(7)9;8-7(9,10)6-4-2-1-3-5-6/h2-6H,1H3;1-5H. The number of alkyl halides is 3. The van der Waals surface area contributed by atoms with E-state index in [1.165, 1.54) is 18.2 Å². The highest BCUT2D eigenvalue weighted by molar-refractivity contribution is 5.79. The number of rotatable bonds is 0. The van der Waals surface area contributed by atoms with Crippen molar-refractivity contribution in [3.8, 4) is 0 Å². The molecule has 0 N–H and O–H groups in total. The zero-order valence-electron chi connectivity index (χ0n) is 11.7. The van der Waals surface area contributed by atoms with Crippen molar-refractivity contribution in [3.05, 3.63) is 82.2 Å². The van der Waals surface area contributed by atoms with Crippen LogP contribution in [-0.2, 0) is 6.18 Å². The lowest BCUT2D eigenvalue weighted by molar-refractivity contribution is -0.137. The summed E-state index contributed by atoms with van der Waals surface area (Å²) in [5.74, 6) is 0. The summed E-state index contributed by atoms with van der Waals surface area (Å²) in [6, 6.07) is 15.4. The Morgan fingerprint density at radius 3 is 2.09 bits per heavy atom. The van der Waals surface area contributed by atoms with Crippen molar-refractivity contribution in [2.24, 2.45) is 0 Å². The lowest BCUT2D eigenvalue weighted by atomic mass is 10.1. The largest absolute Gasteiger partial charge is 0.423 e. The molecule has 1 heterocycles. The molecule has 5 heteroatoms. The number of para-hydroxylation sites is 1. The smallest absolute Gasteiger partial charge is 0.416 e. The van der Waals surface area contributed by atoms with Crippen molar-refractivity contribution >= 4 is 11.0 Å². The van der Waals surface area contributed by atoms with Crippen LogP contribution in [0.5, 0.6) is 0 Å². The molecule has 0 saturated carbocycles. The summed E-state index contributed by atoms with van der Waals surface area (Å²) in [5.41, 5.74) is 0.727. The van der Waals surface area contributed by atoms with Crippen molar-refractivity contribution in [2.45, 2.75) is 13.1 Å². The summed E-state index contributed by atoms with van der Waals surface area (Å²) in [4.78, 5) is 10.9. The quantitative estimate of drug-likeness (QED) is 0.558. The summed E-state index contributed by atoms with van der Waals surface area (Å²) in [6.45, 7) is 1.90. The molecule has 0 aliphatic heterocycles. The van der Waals surface area contributed by atoms with E-state index in [0.29, 0.717) is 5.58 Å². The molecule has 0 aliphatic rings. The van der Waals surface area contributed by atoms with Gasteiger partial charge in [-0.25, -0.2) is 4.79 Å². The van der Waals surface area contributed by atoms with Gasteiger partial charge in [0.2, 0.25) is 0 Å². The minimum absolute atomic E-state index is 0.286. The Hall–Kier alpha value is -2.56. The molecule has 1 aromatic heterocycles. The van der Waals surface area contributed by atoms with Crippen molar-refractivity contribution in [3.63, 3.8) is 0 Å². The molecule has 0 saturated heterocycles. The third-order valence-corrected chi connectivity index (χ3v) is 2.96. The molecule has 0 radical (unpaired) electrons. The monoisotopic (exact) mass is 306 g/mol. The van der Waals surface area contributed by atoms with Crippen LogP contribution in [0.15, 0.2) is 69.9 Å². The fraction of sp³-hybridized carbons (Fsp3) is 0.118. The summed E-state index contributed by atoms with van der Waals surface area (Å²) >= 11 is 0. The fourth-order valence-electron chi connectivity index (χ4n) is 1.90. The van der Waals surface area contributed by atoms with E-state index < -0.39 is 11.7 Å². The molecule has 0 spiro atoms. The van der Waals surface area contributed by atoms with E-state index in [4.69, 9.17) is 4.42 Å². The van der Waals surface area contributed by atoms with Gasteiger partial charge in [0, 0.05) is 11.5 Å². The second-order valence-corrected chi connectivity index (χ2v) is 4.61. The molecule has 2 nitrogen and oxygen atoms in total. The molecule has 0 amide bonds. The van der Waals surface area contributed by atoms with Crippen molar-refractivity contribution < 1.29 is 17.6 Å². The molecule has 0 atom stereocenters. The topological polar surface area (TPSA) is 30.2 Å². The van der Waals surface area contributed by atoms with Gasteiger partial charge in [0.15, 0.2) is 0 Å². The Morgan fingerprint density at radius 1 is 0.909 bits per heavy atom. The van der Waals surface area contributed by atoms with Crippen LogP contribution in [0.25, 0.3) is 11.0 Å². The summed E-state index contributed by atoms with van der Waals surface area (Å²) in [6.07, 6.45) is -4.21. The second-order valence-electron chi connectivity index (χ2n) is 4.61. The van der Waals surface area contributed by atoms with Gasteiger partial charge in [0.05, 0.1) is 5.56 Å². The first-order valence-electron chi connectivity index (χ1n) is 6.49. The molecule has 0 bridgehead atoms. The van der Waals surface area contributed by atoms with Gasteiger partial charge in [-0.1, -0.05) is 48.5 Å². The van der Waals surface area contributed by atoms with E-state index in [9.17, 15) is 18.0 Å². The number of halogens is 3. The normalized spacial score (nSPS) is 10.9. The minimum atomic E-state index is -4.21. The molecule has 2 aromatic carbocycles. The first kappa shape index (κ1) is 15.8. The predicted molar refractivity (Wildman–Crippen MR) is 78.7 cm³/mol. The highest BCUT2D eigenvalue weighted by atomic mass is 19.4. The van der Waals surface area contributed by atoms with E-state index in [0.717, 1.165) is 23.1 Å². The highest BCUT2D eigenvalue weighted by Crippen LogP contribution is 2.28. The number of hydrogen-bond acceptors (Lipinski definition) is 2. The first-order chi connectivity index (χ1) is 10.4. The van der Waals surface area contributed by atoms with Gasteiger partial charge in [0.25, 0.3) is 0 Å². The number of fused-ring (bicyclic) bond motifs is 1. The zero-order valence-corrected chi connectivity index (χ0v) is 11.7. The summed E-state index contributed by atoms with van der Waals surface area (Å²) in [7, 11) is 0. The van der Waals surface area contributed by atoms with Gasteiger partial charge in [-0.2, -0.15) is 13.2 Å². The van der Waals surface area contributed by atoms with Crippen LogP contribution in [0.1, 0.15) is 11.1 Å². The van der Waals surface area contributed by atoms with Crippen LogP contribution in [0.2, 0.25) is 0 Å². The number of benzene rings is 2. The van der Waals surface area contributed by atoms with Crippen molar-refractivity contribution in [1.82, 2.24) is 0 Å². The van der Waals surface area contributed by atoms with Crippen LogP contribution in [-0.4, -0.2) is 0 Å². The predicted octanol–water partition coefficient (Wildman–Crippen LogP) is 4.81. The summed E-state index contributed by atoms with van der Waals surface area (Å²) in [5, 5.41) is 0.997. The SMILES string of the molecule is Cc1cc(=O)oc2ccccc12.FC(F)(F)c1ccccc1. The average molecular weight is 306 g/mol. The van der Waals surface area contributed by atoms with Crippen molar-refractivity contribution in [2.75, 3.05) is 0 Å². The highest BCUT2D eigenvalue weighted by Gasteiger charge is 2.29. The number of hydrogen-bond donors (Lipinski definition) is 0. The summed E-state index contributed by atoms with van der Waals surface area (Å²) < 4.78 is 40.4. The van der Waals surface area contributed by atoms with E-state index in [2.05, 4.69) is 0 Å². The molecule has 0 fully saturated rings. The first-order valence-corrected chi connectivity index (χ1v) is 6.49. The Kier molecular flexibility index (Phi) is 4.65. The lowest BCUT2D eigenvalue weighted by Crippen LogP contribution is -2.03. The van der Waals surface area contributed by atoms with Gasteiger partial charge >= 0.3 is 11.8 Å². The van der Waals surface area contributed by atoms with Crippen molar-refractivity contribution in [1.29, 1.82) is 0 Å². The maximum absolute atomic E-state index is 11.8. The molecule has 0 unspecified atom stereocenters. The molecular formula is C17H13F3O2. The van der Waals surface area contributed by atoms with Gasteiger partial charge in [0.1, 0.15) is 5.58 Å². The molecule has 0 aliphatic carbocycles. The molecular weight excluding hydrogens is 293 g/mol. The van der Waals surface area contributed by atoms with Gasteiger partial charge in [-0.05, 0) is 18.6 Å². The maximum atomic E-state index is 11.8. The second kappa shape index (κ2) is 6.47. The lowest BCUT2D eigenvalue weighted by Gasteiger charge is -2.03. The van der Waals surface area contributed by atoms with Crippen LogP contribution in [0.3, 0.4) is 0 Å². The van der Waals surface area contributed by atoms with Crippen LogP contribution < -0.4 is 5.63 Å². The number of aryl methyl sites for hydroxylation is 1. The van der Waals surface area contributed by atoms with E-state index in [1.807, 2.05) is 25.1 Å². The average Bonchev–Trinajstić information content (AvgIpc) is 2.48. The molecule has 3 aromatic rings. The van der Waals surface area contributed by atoms with Gasteiger partial charge in [-0.3, -0.25) is 0 Å². The maximum Gasteiger partial charge on any atom is 0.416 e. The Balaban J connectivity index is 0.000000164. The Labute approximate surface area is 124 Å². The molecule has 114 valence electrons. The Morgan fingerprint density at radius 2 is 1.50 bits per heavy atom. The van der Waals surface area contributed by atoms with E-state index in [-0.39, 0.29) is 5.63 Å².